The molecule has 0 aliphatic heterocycles. The molecule has 1 rings (SSSR count). The monoisotopic (exact) mass is 324 g/mol. The fourth-order valence-corrected chi connectivity index (χ4v) is 3.43. The second kappa shape index (κ2) is 6.65. The predicted molar refractivity (Wildman–Crippen MR) is 75.7 cm³/mol. The van der Waals surface area contributed by atoms with Crippen molar-refractivity contribution in [3.63, 3.8) is 0 Å². The minimum atomic E-state index is -4.58. The van der Waals surface area contributed by atoms with Crippen molar-refractivity contribution in [3.05, 3.63) is 24.3 Å². The fraction of sp³-hybridized carbons (Fsp3) is 0.538. The normalized spacial score (nSPS) is 13.0. The van der Waals surface area contributed by atoms with E-state index in [4.69, 9.17) is 0 Å². The van der Waals surface area contributed by atoms with Gasteiger partial charge in [-0.25, -0.2) is 8.42 Å². The highest BCUT2D eigenvalue weighted by molar-refractivity contribution is 7.89. The first-order valence-corrected chi connectivity index (χ1v) is 7.94. The van der Waals surface area contributed by atoms with Crippen LogP contribution in [0.15, 0.2) is 29.2 Å². The molecule has 8 heteroatoms. The number of hydrogen-bond acceptors (Lipinski definition) is 3. The molecule has 0 saturated carbocycles. The lowest BCUT2D eigenvalue weighted by molar-refractivity contribution is -0.138. The van der Waals surface area contributed by atoms with Crippen LogP contribution in [0.25, 0.3) is 0 Å². The molecule has 21 heavy (non-hydrogen) atoms. The number of rotatable bonds is 6. The van der Waals surface area contributed by atoms with Gasteiger partial charge in [0, 0.05) is 18.3 Å². The van der Waals surface area contributed by atoms with E-state index in [9.17, 15) is 21.6 Å². The summed E-state index contributed by atoms with van der Waals surface area (Å²) in [4.78, 5) is -0.151. The van der Waals surface area contributed by atoms with Gasteiger partial charge in [-0.05, 0) is 45.0 Å². The highest BCUT2D eigenvalue weighted by Gasteiger charge is 2.38. The van der Waals surface area contributed by atoms with Crippen molar-refractivity contribution in [2.45, 2.75) is 37.9 Å². The molecule has 0 amide bonds. The standard InChI is InChI=1S/C13H19F3N2O2S/c1-4-17-11-5-7-12(8-6-11)21(19,20)18(10(2)3)9-13(14,15)16/h5-8,10,17H,4,9H2,1-3H3. The van der Waals surface area contributed by atoms with E-state index in [-0.39, 0.29) is 4.90 Å². The Hall–Kier alpha value is -1.28. The quantitative estimate of drug-likeness (QED) is 0.875. The minimum Gasteiger partial charge on any atom is -0.385 e. The molecule has 0 atom stereocenters. The molecule has 1 aromatic carbocycles. The van der Waals surface area contributed by atoms with E-state index >= 15 is 0 Å². The van der Waals surface area contributed by atoms with E-state index in [0.29, 0.717) is 16.5 Å². The van der Waals surface area contributed by atoms with Gasteiger partial charge in [-0.2, -0.15) is 17.5 Å². The average Bonchev–Trinajstić information content (AvgIpc) is 2.35. The van der Waals surface area contributed by atoms with Crippen LogP contribution in [-0.4, -0.2) is 38.0 Å². The van der Waals surface area contributed by atoms with Crippen molar-refractivity contribution in [2.24, 2.45) is 0 Å². The van der Waals surface area contributed by atoms with Crippen LogP contribution in [0.2, 0.25) is 0 Å². The first-order chi connectivity index (χ1) is 9.58. The molecule has 0 radical (unpaired) electrons. The van der Waals surface area contributed by atoms with Crippen LogP contribution in [-0.2, 0) is 10.0 Å². The van der Waals surface area contributed by atoms with Gasteiger partial charge in [-0.1, -0.05) is 0 Å². The van der Waals surface area contributed by atoms with E-state index in [1.54, 1.807) is 0 Å². The van der Waals surface area contributed by atoms with Crippen molar-refractivity contribution in [1.82, 2.24) is 4.31 Å². The first-order valence-electron chi connectivity index (χ1n) is 6.50. The lowest BCUT2D eigenvalue weighted by atomic mass is 10.3. The van der Waals surface area contributed by atoms with Gasteiger partial charge < -0.3 is 5.32 Å². The smallest absolute Gasteiger partial charge is 0.385 e. The van der Waals surface area contributed by atoms with Crippen molar-refractivity contribution in [2.75, 3.05) is 18.4 Å². The molecular weight excluding hydrogens is 305 g/mol. The number of nitrogens with one attached hydrogen (secondary N) is 1. The molecule has 0 spiro atoms. The molecule has 1 aromatic rings. The van der Waals surface area contributed by atoms with Gasteiger partial charge in [0.2, 0.25) is 10.0 Å². The summed E-state index contributed by atoms with van der Waals surface area (Å²) in [5.41, 5.74) is 0.711. The zero-order valence-corrected chi connectivity index (χ0v) is 12.9. The second-order valence-electron chi connectivity index (χ2n) is 4.81. The van der Waals surface area contributed by atoms with E-state index < -0.39 is 28.8 Å². The predicted octanol–water partition coefficient (Wildman–Crippen LogP) is 3.08. The SMILES string of the molecule is CCNc1ccc(S(=O)(=O)N(CC(F)(F)F)C(C)C)cc1. The molecule has 0 saturated heterocycles. The topological polar surface area (TPSA) is 49.4 Å². The molecule has 0 aliphatic rings. The minimum absolute atomic E-state index is 0.151. The number of hydrogen-bond donors (Lipinski definition) is 1. The summed E-state index contributed by atoms with van der Waals surface area (Å²) in [6.45, 7) is 3.88. The summed E-state index contributed by atoms with van der Waals surface area (Å²) in [6.07, 6.45) is -4.58. The van der Waals surface area contributed by atoms with Crippen LogP contribution in [0.1, 0.15) is 20.8 Å². The molecule has 0 aromatic heterocycles. The van der Waals surface area contributed by atoms with Gasteiger partial charge >= 0.3 is 6.18 Å². The zero-order valence-electron chi connectivity index (χ0n) is 12.1. The summed E-state index contributed by atoms with van der Waals surface area (Å²) < 4.78 is 62.8. The van der Waals surface area contributed by atoms with Gasteiger partial charge in [0.25, 0.3) is 0 Å². The Balaban J connectivity index is 3.11. The fourth-order valence-electron chi connectivity index (χ4n) is 1.81. The van der Waals surface area contributed by atoms with Gasteiger partial charge in [-0.3, -0.25) is 0 Å². The summed E-state index contributed by atoms with van der Waals surface area (Å²) in [5.74, 6) is 0. The number of halogens is 3. The molecule has 0 aliphatic carbocycles. The number of anilines is 1. The Morgan fingerprint density at radius 1 is 1.19 bits per heavy atom. The molecule has 0 unspecified atom stereocenters. The number of benzene rings is 1. The molecule has 120 valence electrons. The molecule has 0 fully saturated rings. The van der Waals surface area contributed by atoms with Crippen LogP contribution in [0.5, 0.6) is 0 Å². The molecular formula is C13H19F3N2O2S. The van der Waals surface area contributed by atoms with Gasteiger partial charge in [0.1, 0.15) is 6.54 Å². The van der Waals surface area contributed by atoms with Crippen molar-refractivity contribution in [1.29, 1.82) is 0 Å². The Morgan fingerprint density at radius 2 is 1.71 bits per heavy atom. The third kappa shape index (κ3) is 4.89. The van der Waals surface area contributed by atoms with E-state index in [2.05, 4.69) is 5.32 Å². The summed E-state index contributed by atoms with van der Waals surface area (Å²) >= 11 is 0. The molecule has 1 N–H and O–H groups in total. The average molecular weight is 324 g/mol. The first kappa shape index (κ1) is 17.8. The molecule has 4 nitrogen and oxygen atoms in total. The summed E-state index contributed by atoms with van der Waals surface area (Å²) in [5, 5.41) is 2.99. The number of sulfonamides is 1. The van der Waals surface area contributed by atoms with Crippen LogP contribution < -0.4 is 5.32 Å². The van der Waals surface area contributed by atoms with Crippen molar-refractivity contribution in [3.8, 4) is 0 Å². The van der Waals surface area contributed by atoms with Crippen LogP contribution >= 0.6 is 0 Å². The molecule has 0 bridgehead atoms. The summed E-state index contributed by atoms with van der Waals surface area (Å²) in [7, 11) is -4.18. The van der Waals surface area contributed by atoms with Crippen LogP contribution in [0, 0.1) is 0 Å². The number of alkyl halides is 3. The van der Waals surface area contributed by atoms with E-state index in [1.165, 1.54) is 38.1 Å². The lowest BCUT2D eigenvalue weighted by Gasteiger charge is -2.26. The second-order valence-corrected chi connectivity index (χ2v) is 6.70. The Morgan fingerprint density at radius 3 is 2.10 bits per heavy atom. The lowest BCUT2D eigenvalue weighted by Crippen LogP contribution is -2.43. The maximum absolute atomic E-state index is 12.6. The Bertz CT molecular complexity index is 554. The van der Waals surface area contributed by atoms with Gasteiger partial charge in [-0.15, -0.1) is 0 Å². The van der Waals surface area contributed by atoms with Crippen molar-refractivity contribution < 1.29 is 21.6 Å². The Kier molecular flexibility index (Phi) is 5.63. The Labute approximate surface area is 123 Å². The maximum atomic E-state index is 12.6. The van der Waals surface area contributed by atoms with Crippen LogP contribution in [0.4, 0.5) is 18.9 Å². The summed E-state index contributed by atoms with van der Waals surface area (Å²) in [6, 6.07) is 4.88. The highest BCUT2D eigenvalue weighted by Crippen LogP contribution is 2.25. The van der Waals surface area contributed by atoms with E-state index in [0.717, 1.165) is 0 Å². The highest BCUT2D eigenvalue weighted by atomic mass is 32.2. The number of nitrogens with zero attached hydrogens (tertiary/aromatic N) is 1. The largest absolute Gasteiger partial charge is 0.402 e. The van der Waals surface area contributed by atoms with Crippen molar-refractivity contribution >= 4 is 15.7 Å². The van der Waals surface area contributed by atoms with Gasteiger partial charge in [0.15, 0.2) is 0 Å². The third-order valence-electron chi connectivity index (χ3n) is 2.75. The van der Waals surface area contributed by atoms with Gasteiger partial charge in [0.05, 0.1) is 4.90 Å². The van der Waals surface area contributed by atoms with Crippen LogP contribution in [0.3, 0.4) is 0 Å². The third-order valence-corrected chi connectivity index (χ3v) is 4.79. The van der Waals surface area contributed by atoms with E-state index in [1.807, 2.05) is 6.92 Å². The zero-order chi connectivity index (χ0) is 16.3. The maximum Gasteiger partial charge on any atom is 0.402 e. The molecule has 0 heterocycles.